The zero-order valence-corrected chi connectivity index (χ0v) is 14.0. The molecule has 1 aromatic heterocycles. The van der Waals surface area contributed by atoms with Gasteiger partial charge in [0.1, 0.15) is 10.5 Å². The van der Waals surface area contributed by atoms with E-state index in [0.717, 1.165) is 0 Å². The number of nitrogens with two attached hydrogens (primary N) is 1. The van der Waals surface area contributed by atoms with Crippen LogP contribution in [0.15, 0.2) is 11.1 Å². The van der Waals surface area contributed by atoms with Crippen molar-refractivity contribution in [1.82, 2.24) is 19.8 Å². The van der Waals surface area contributed by atoms with Crippen LogP contribution in [0.25, 0.3) is 0 Å². The van der Waals surface area contributed by atoms with E-state index in [1.54, 1.807) is 27.8 Å². The summed E-state index contributed by atoms with van der Waals surface area (Å²) >= 11 is 0. The largest absolute Gasteiger partial charge is 0.444 e. The number of hydrogen-bond acceptors (Lipinski definition) is 6. The van der Waals surface area contributed by atoms with Gasteiger partial charge < -0.3 is 15.8 Å². The van der Waals surface area contributed by atoms with Crippen molar-refractivity contribution >= 4 is 21.9 Å². The lowest BCUT2D eigenvalue weighted by Gasteiger charge is -2.19. The molecule has 10 heteroatoms. The summed E-state index contributed by atoms with van der Waals surface area (Å²) < 4.78 is 32.8. The maximum absolute atomic E-state index is 12.0. The topological polar surface area (TPSA) is 128 Å². The molecule has 0 bridgehead atoms. The lowest BCUT2D eigenvalue weighted by molar-refractivity contribution is 0.0527. The first-order valence-corrected chi connectivity index (χ1v) is 8.25. The minimum absolute atomic E-state index is 0.0538. The second-order valence-corrected chi connectivity index (χ2v) is 7.47. The molecule has 126 valence electrons. The molecule has 0 radical (unpaired) electrons. The minimum atomic E-state index is -3.70. The lowest BCUT2D eigenvalue weighted by Crippen LogP contribution is -2.34. The highest BCUT2D eigenvalue weighted by atomic mass is 32.2. The van der Waals surface area contributed by atoms with E-state index >= 15 is 0 Å². The van der Waals surface area contributed by atoms with Crippen molar-refractivity contribution in [2.75, 3.05) is 18.8 Å². The molecule has 0 aliphatic heterocycles. The molecule has 1 heterocycles. The number of anilines is 1. The van der Waals surface area contributed by atoms with Gasteiger partial charge in [-0.05, 0) is 27.2 Å². The standard InChI is InChI=1S/C12H23N5O4S/c1-12(2,3)21-11(18)14-6-5-7-15-22(19,20)9-8-17(4)16-10(9)13/h8,15H,5-7H2,1-4H3,(H2,13,16)(H,14,18). The molecule has 1 aromatic rings. The zero-order valence-electron chi connectivity index (χ0n) is 13.2. The van der Waals surface area contributed by atoms with Gasteiger partial charge in [-0.2, -0.15) is 5.10 Å². The second kappa shape index (κ2) is 6.97. The molecule has 0 aliphatic carbocycles. The van der Waals surface area contributed by atoms with E-state index in [0.29, 0.717) is 13.0 Å². The molecule has 22 heavy (non-hydrogen) atoms. The fourth-order valence-electron chi connectivity index (χ4n) is 1.57. The van der Waals surface area contributed by atoms with Gasteiger partial charge in [0, 0.05) is 26.3 Å². The van der Waals surface area contributed by atoms with E-state index in [1.807, 2.05) is 0 Å². The number of amides is 1. The Balaban J connectivity index is 2.36. The van der Waals surface area contributed by atoms with Crippen molar-refractivity contribution < 1.29 is 17.9 Å². The van der Waals surface area contributed by atoms with Crippen LogP contribution in [0.2, 0.25) is 0 Å². The maximum atomic E-state index is 12.0. The fraction of sp³-hybridized carbons (Fsp3) is 0.667. The molecule has 0 spiro atoms. The molecule has 1 amide bonds. The molecule has 0 aromatic carbocycles. The van der Waals surface area contributed by atoms with Gasteiger partial charge >= 0.3 is 6.09 Å². The van der Waals surface area contributed by atoms with Crippen molar-refractivity contribution in [2.45, 2.75) is 37.7 Å². The van der Waals surface area contributed by atoms with Gasteiger partial charge in [-0.15, -0.1) is 0 Å². The Hall–Kier alpha value is -1.81. The van der Waals surface area contributed by atoms with E-state index in [-0.39, 0.29) is 17.3 Å². The van der Waals surface area contributed by atoms with Crippen LogP contribution in [0, 0.1) is 0 Å². The van der Waals surface area contributed by atoms with Crippen molar-refractivity contribution in [3.05, 3.63) is 6.20 Å². The Bertz CT molecular complexity index is 618. The summed E-state index contributed by atoms with van der Waals surface area (Å²) in [6, 6.07) is 0. The molecule has 1 rings (SSSR count). The number of carbonyl (C=O) groups is 1. The molecule has 4 N–H and O–H groups in total. The quantitative estimate of drug-likeness (QED) is 0.638. The number of rotatable bonds is 6. The summed E-state index contributed by atoms with van der Waals surface area (Å²) in [7, 11) is -2.12. The van der Waals surface area contributed by atoms with E-state index in [2.05, 4.69) is 15.1 Å². The molecule has 0 atom stereocenters. The van der Waals surface area contributed by atoms with Crippen molar-refractivity contribution in [3.63, 3.8) is 0 Å². The highest BCUT2D eigenvalue weighted by molar-refractivity contribution is 7.89. The summed E-state index contributed by atoms with van der Waals surface area (Å²) in [6.07, 6.45) is 1.21. The predicted molar refractivity (Wildman–Crippen MR) is 81.7 cm³/mol. The van der Waals surface area contributed by atoms with E-state index < -0.39 is 21.7 Å². The maximum Gasteiger partial charge on any atom is 0.407 e. The van der Waals surface area contributed by atoms with Gasteiger partial charge in [-0.1, -0.05) is 0 Å². The first-order valence-electron chi connectivity index (χ1n) is 6.77. The number of alkyl carbamates (subject to hydrolysis) is 1. The van der Waals surface area contributed by atoms with Gasteiger partial charge in [0.2, 0.25) is 10.0 Å². The number of sulfonamides is 1. The van der Waals surface area contributed by atoms with Crippen LogP contribution in [0.3, 0.4) is 0 Å². The third kappa shape index (κ3) is 5.90. The van der Waals surface area contributed by atoms with Crippen LogP contribution in [0.1, 0.15) is 27.2 Å². The van der Waals surface area contributed by atoms with Crippen LogP contribution in [0.5, 0.6) is 0 Å². The number of nitrogen functional groups attached to an aromatic ring is 1. The smallest absolute Gasteiger partial charge is 0.407 e. The molecular formula is C12H23N5O4S. The van der Waals surface area contributed by atoms with Gasteiger partial charge in [0.15, 0.2) is 5.82 Å². The van der Waals surface area contributed by atoms with E-state index in [1.165, 1.54) is 10.9 Å². The summed E-state index contributed by atoms with van der Waals surface area (Å²) in [6.45, 7) is 5.74. The molecule has 0 fully saturated rings. The third-order valence-corrected chi connectivity index (χ3v) is 3.90. The number of aryl methyl sites for hydroxylation is 1. The number of aromatic nitrogens is 2. The third-order valence-electron chi connectivity index (χ3n) is 2.43. The molecular weight excluding hydrogens is 310 g/mol. The Kier molecular flexibility index (Phi) is 5.78. The van der Waals surface area contributed by atoms with Gasteiger partial charge in [0.25, 0.3) is 0 Å². The summed E-state index contributed by atoms with van der Waals surface area (Å²) in [4.78, 5) is 11.3. The van der Waals surface area contributed by atoms with Crippen molar-refractivity contribution in [3.8, 4) is 0 Å². The Labute approximate surface area is 130 Å². The predicted octanol–water partition coefficient (Wildman–Crippen LogP) is 0.195. The molecule has 0 aliphatic rings. The molecule has 0 unspecified atom stereocenters. The average Bonchev–Trinajstić information content (AvgIpc) is 2.66. The number of carbonyl (C=O) groups excluding carboxylic acids is 1. The van der Waals surface area contributed by atoms with E-state index in [9.17, 15) is 13.2 Å². The number of nitrogens with zero attached hydrogens (tertiary/aromatic N) is 2. The van der Waals surface area contributed by atoms with Gasteiger partial charge in [-0.25, -0.2) is 17.9 Å². The SMILES string of the molecule is Cn1cc(S(=O)(=O)NCCCNC(=O)OC(C)(C)C)c(N)n1. The van der Waals surface area contributed by atoms with Gasteiger partial charge in [0.05, 0.1) is 0 Å². The monoisotopic (exact) mass is 333 g/mol. The zero-order chi connectivity index (χ0) is 17.0. The summed E-state index contributed by atoms with van der Waals surface area (Å²) in [5.41, 5.74) is 4.97. The van der Waals surface area contributed by atoms with E-state index in [4.69, 9.17) is 10.5 Å². The fourth-order valence-corrected chi connectivity index (χ4v) is 2.74. The summed E-state index contributed by atoms with van der Waals surface area (Å²) in [5.74, 6) is -0.0538. The van der Waals surface area contributed by atoms with Crippen LogP contribution < -0.4 is 15.8 Å². The van der Waals surface area contributed by atoms with Crippen LogP contribution in [0.4, 0.5) is 10.6 Å². The first kappa shape index (κ1) is 18.2. The van der Waals surface area contributed by atoms with Crippen molar-refractivity contribution in [2.24, 2.45) is 7.05 Å². The number of ether oxygens (including phenoxy) is 1. The minimum Gasteiger partial charge on any atom is -0.444 e. The lowest BCUT2D eigenvalue weighted by atomic mass is 10.2. The van der Waals surface area contributed by atoms with Gasteiger partial charge in [-0.3, -0.25) is 4.68 Å². The second-order valence-electron chi connectivity index (χ2n) is 5.73. The molecule has 9 nitrogen and oxygen atoms in total. The van der Waals surface area contributed by atoms with Crippen LogP contribution in [-0.4, -0.2) is 43.0 Å². The Morgan fingerprint density at radius 2 is 2.05 bits per heavy atom. The number of nitrogens with one attached hydrogen (secondary N) is 2. The highest BCUT2D eigenvalue weighted by Crippen LogP contribution is 2.14. The Morgan fingerprint density at radius 3 is 2.55 bits per heavy atom. The van der Waals surface area contributed by atoms with Crippen LogP contribution >= 0.6 is 0 Å². The Morgan fingerprint density at radius 1 is 1.41 bits per heavy atom. The normalized spacial score (nSPS) is 12.2. The average molecular weight is 333 g/mol. The number of hydrogen-bond donors (Lipinski definition) is 3. The summed E-state index contributed by atoms with van der Waals surface area (Å²) in [5, 5.41) is 6.32. The molecule has 0 saturated carbocycles. The highest BCUT2D eigenvalue weighted by Gasteiger charge is 2.20. The van der Waals surface area contributed by atoms with Crippen LogP contribution in [-0.2, 0) is 21.8 Å². The van der Waals surface area contributed by atoms with Crippen molar-refractivity contribution in [1.29, 1.82) is 0 Å². The first-order chi connectivity index (χ1) is 10.0. The molecule has 0 saturated heterocycles.